The van der Waals surface area contributed by atoms with E-state index in [1.807, 2.05) is 0 Å². The summed E-state index contributed by atoms with van der Waals surface area (Å²) in [5.74, 6) is 4.44. The van der Waals surface area contributed by atoms with E-state index < -0.39 is 38.7 Å². The maximum absolute atomic E-state index is 13.3. The van der Waals surface area contributed by atoms with Crippen LogP contribution in [0.4, 0.5) is 24.5 Å². The van der Waals surface area contributed by atoms with Gasteiger partial charge < -0.3 is 10.2 Å². The fourth-order valence-electron chi connectivity index (χ4n) is 4.59. The predicted molar refractivity (Wildman–Crippen MR) is 171 cm³/mol. The van der Waals surface area contributed by atoms with Gasteiger partial charge in [0.2, 0.25) is 0 Å². The maximum atomic E-state index is 13.3. The number of nitrogens with one attached hydrogen (secondary N) is 2. The van der Waals surface area contributed by atoms with Gasteiger partial charge in [-0.1, -0.05) is 35.6 Å². The van der Waals surface area contributed by atoms with Crippen LogP contribution in [0.5, 0.6) is 0 Å². The number of hydrogen-bond acceptors (Lipinski definition) is 7. The quantitative estimate of drug-likeness (QED) is 0.0934. The first-order valence-corrected chi connectivity index (χ1v) is 16.3. The summed E-state index contributed by atoms with van der Waals surface area (Å²) in [6, 6.07) is 14.7. The molecule has 0 atom stereocenters. The van der Waals surface area contributed by atoms with E-state index in [0.29, 0.717) is 5.56 Å². The Hall–Kier alpha value is -4.38. The number of carbonyl (C=O) groups excluding carboxylic acids is 2. The van der Waals surface area contributed by atoms with Crippen LogP contribution in [0.15, 0.2) is 65.8 Å². The zero-order valence-electron chi connectivity index (χ0n) is 24.7. The van der Waals surface area contributed by atoms with Gasteiger partial charge in [0.15, 0.2) is 0 Å². The number of halogens is 4. The Morgan fingerprint density at radius 1 is 1.04 bits per heavy atom. The van der Waals surface area contributed by atoms with Gasteiger partial charge in [0.25, 0.3) is 21.9 Å². The lowest BCUT2D eigenvalue weighted by molar-refractivity contribution is -0.137. The third-order valence-corrected chi connectivity index (χ3v) is 7.70. The first-order chi connectivity index (χ1) is 21.8. The van der Waals surface area contributed by atoms with Gasteiger partial charge in [-0.2, -0.15) is 26.7 Å². The van der Waals surface area contributed by atoms with E-state index in [0.717, 1.165) is 62.6 Å². The Morgan fingerprint density at radius 3 is 2.52 bits per heavy atom. The smallest absolute Gasteiger partial charge is 0.372 e. The van der Waals surface area contributed by atoms with Crippen molar-refractivity contribution in [2.24, 2.45) is 5.10 Å². The van der Waals surface area contributed by atoms with E-state index in [2.05, 4.69) is 36.8 Å². The highest BCUT2D eigenvalue weighted by atomic mass is 35.5. The molecule has 242 valence electrons. The molecule has 0 bridgehead atoms. The molecule has 0 radical (unpaired) electrons. The monoisotopic (exact) mass is 674 g/mol. The lowest BCUT2D eigenvalue weighted by atomic mass is 10.1. The Morgan fingerprint density at radius 2 is 1.80 bits per heavy atom. The Bertz CT molecular complexity index is 1800. The van der Waals surface area contributed by atoms with Gasteiger partial charge in [-0.3, -0.25) is 13.8 Å². The summed E-state index contributed by atoms with van der Waals surface area (Å²) >= 11 is 5.68. The fraction of sp³-hybridized carbons (Fsp3) is 0.281. The number of hydrogen-bond donors (Lipinski definition) is 2. The van der Waals surface area contributed by atoms with Crippen LogP contribution in [0.2, 0.25) is 5.02 Å². The lowest BCUT2D eigenvalue weighted by Crippen LogP contribution is -2.30. The summed E-state index contributed by atoms with van der Waals surface area (Å²) in [6.07, 6.45) is 0.609. The van der Waals surface area contributed by atoms with Crippen LogP contribution >= 0.6 is 11.6 Å². The standard InChI is InChI=1S/C32H30ClF3N4O5S/c1-46(43,44)45-17-6-3-8-22-9-7-10-24(18-22)30(41)38-29-14-12-25(40-15-4-2-5-16-40)20-26(29)31(42)39-37-21-23-11-13-28(33)27(19-23)32(34,35)36/h7,9-14,18-21H,2,4-6,15-17H2,1H3,(H,38,41)(H,39,42)/b37-21+. The molecule has 2 amide bonds. The van der Waals surface area contributed by atoms with Crippen molar-refractivity contribution in [1.29, 1.82) is 0 Å². The van der Waals surface area contributed by atoms with Gasteiger partial charge in [0.05, 0.1) is 40.9 Å². The highest BCUT2D eigenvalue weighted by Gasteiger charge is 2.33. The maximum Gasteiger partial charge on any atom is 0.417 e. The van der Waals surface area contributed by atoms with Gasteiger partial charge >= 0.3 is 6.18 Å². The SMILES string of the molecule is CS(=O)(=O)OCCC#Cc1cccc(C(=O)Nc2ccc(N3CCCCC3)cc2C(=O)N/N=C/c2ccc(Cl)c(C(F)(F)F)c2)c1. The number of nitrogens with zero attached hydrogens (tertiary/aromatic N) is 2. The second kappa shape index (κ2) is 15.3. The molecule has 46 heavy (non-hydrogen) atoms. The molecule has 0 aliphatic carbocycles. The molecule has 3 aromatic carbocycles. The molecular weight excluding hydrogens is 645 g/mol. The van der Waals surface area contributed by atoms with Crippen molar-refractivity contribution in [3.05, 3.63) is 93.5 Å². The summed E-state index contributed by atoms with van der Waals surface area (Å²) in [5, 5.41) is 6.13. The fourth-order valence-corrected chi connectivity index (χ4v) is 5.20. The third-order valence-electron chi connectivity index (χ3n) is 6.77. The molecule has 1 saturated heterocycles. The van der Waals surface area contributed by atoms with Gasteiger partial charge in [0.1, 0.15) is 0 Å². The minimum Gasteiger partial charge on any atom is -0.372 e. The van der Waals surface area contributed by atoms with E-state index in [4.69, 9.17) is 11.6 Å². The average Bonchev–Trinajstić information content (AvgIpc) is 3.01. The van der Waals surface area contributed by atoms with Gasteiger partial charge in [-0.05, 0) is 73.4 Å². The van der Waals surface area contributed by atoms with E-state index in [-0.39, 0.29) is 35.4 Å². The molecule has 0 aromatic heterocycles. The molecule has 1 aliphatic heterocycles. The molecule has 0 saturated carbocycles. The van der Waals surface area contributed by atoms with Gasteiger partial charge in [0, 0.05) is 36.3 Å². The van der Waals surface area contributed by atoms with Crippen molar-refractivity contribution in [2.45, 2.75) is 31.9 Å². The van der Waals surface area contributed by atoms with E-state index in [1.54, 1.807) is 42.5 Å². The molecule has 0 spiro atoms. The first-order valence-electron chi connectivity index (χ1n) is 14.1. The summed E-state index contributed by atoms with van der Waals surface area (Å²) in [7, 11) is -3.56. The Labute approximate surface area is 269 Å². The second-order valence-corrected chi connectivity index (χ2v) is 12.4. The molecule has 3 aromatic rings. The van der Waals surface area contributed by atoms with Crippen LogP contribution in [0, 0.1) is 11.8 Å². The zero-order valence-corrected chi connectivity index (χ0v) is 26.2. The van der Waals surface area contributed by atoms with E-state index in [1.165, 1.54) is 6.07 Å². The molecule has 14 heteroatoms. The van der Waals surface area contributed by atoms with Crippen LogP contribution in [-0.2, 0) is 20.5 Å². The molecule has 9 nitrogen and oxygen atoms in total. The van der Waals surface area contributed by atoms with Crippen LogP contribution in [0.3, 0.4) is 0 Å². The number of amides is 2. The van der Waals surface area contributed by atoms with Crippen molar-refractivity contribution in [1.82, 2.24) is 5.43 Å². The van der Waals surface area contributed by atoms with Crippen molar-refractivity contribution >= 4 is 51.1 Å². The molecule has 1 fully saturated rings. The average molecular weight is 675 g/mol. The number of carbonyl (C=O) groups is 2. The molecule has 1 heterocycles. The Balaban J connectivity index is 1.53. The largest absolute Gasteiger partial charge is 0.417 e. The van der Waals surface area contributed by atoms with Crippen LogP contribution in [-0.4, -0.2) is 52.4 Å². The van der Waals surface area contributed by atoms with Gasteiger partial charge in [-0.25, -0.2) is 5.43 Å². The summed E-state index contributed by atoms with van der Waals surface area (Å²) < 4.78 is 66.5. The van der Waals surface area contributed by atoms with Crippen LogP contribution in [0.25, 0.3) is 0 Å². The van der Waals surface area contributed by atoms with Crippen molar-refractivity contribution in [2.75, 3.05) is 36.2 Å². The lowest BCUT2D eigenvalue weighted by Gasteiger charge is -2.29. The van der Waals surface area contributed by atoms with Crippen LogP contribution in [0.1, 0.15) is 63.1 Å². The van der Waals surface area contributed by atoms with Crippen molar-refractivity contribution in [3.63, 3.8) is 0 Å². The first kappa shape index (κ1) is 34.5. The molecule has 4 rings (SSSR count). The second-order valence-electron chi connectivity index (χ2n) is 10.3. The summed E-state index contributed by atoms with van der Waals surface area (Å²) in [4.78, 5) is 28.7. The van der Waals surface area contributed by atoms with E-state index in [9.17, 15) is 31.2 Å². The molecule has 0 unspecified atom stereocenters. The van der Waals surface area contributed by atoms with Crippen LogP contribution < -0.4 is 15.6 Å². The van der Waals surface area contributed by atoms with Gasteiger partial charge in [-0.15, -0.1) is 0 Å². The predicted octanol–water partition coefficient (Wildman–Crippen LogP) is 6.08. The molecule has 1 aliphatic rings. The Kier molecular flexibility index (Phi) is 11.4. The third kappa shape index (κ3) is 10.1. The summed E-state index contributed by atoms with van der Waals surface area (Å²) in [6.45, 7) is 1.51. The highest BCUT2D eigenvalue weighted by Crippen LogP contribution is 2.35. The van der Waals surface area contributed by atoms with E-state index >= 15 is 0 Å². The number of benzene rings is 3. The minimum atomic E-state index is -4.66. The minimum absolute atomic E-state index is 0.0681. The normalized spacial score (nSPS) is 13.6. The zero-order chi connectivity index (χ0) is 33.3. The molecule has 2 N–H and O–H groups in total. The number of piperidine rings is 1. The topological polar surface area (TPSA) is 117 Å². The number of rotatable bonds is 9. The highest BCUT2D eigenvalue weighted by molar-refractivity contribution is 7.85. The van der Waals surface area contributed by atoms with Crippen molar-refractivity contribution < 1.29 is 35.4 Å². The number of anilines is 2. The van der Waals surface area contributed by atoms with Crippen molar-refractivity contribution in [3.8, 4) is 11.8 Å². The number of hydrazone groups is 1. The number of alkyl halides is 3. The molecular formula is C32H30ClF3N4O5S. The summed E-state index contributed by atoms with van der Waals surface area (Å²) in [5.41, 5.74) is 3.21.